The first-order valence-electron chi connectivity index (χ1n) is 6.05. The number of aryl methyl sites for hydroxylation is 1. The Hall–Kier alpha value is -1.32. The lowest BCUT2D eigenvalue weighted by atomic mass is 10.1. The molecule has 0 atom stereocenters. The van der Waals surface area contributed by atoms with Gasteiger partial charge in [-0.2, -0.15) is 0 Å². The van der Waals surface area contributed by atoms with Gasteiger partial charge >= 0.3 is 0 Å². The summed E-state index contributed by atoms with van der Waals surface area (Å²) >= 11 is 0. The minimum absolute atomic E-state index is 0.601. The Balaban J connectivity index is 2.43. The normalized spacial score (nSPS) is 11.2. The van der Waals surface area contributed by atoms with Gasteiger partial charge in [0.05, 0.1) is 0 Å². The molecule has 0 spiro atoms. The second kappa shape index (κ2) is 5.34. The summed E-state index contributed by atoms with van der Waals surface area (Å²) in [6.45, 7) is 4.53. The number of benzene rings is 1. The molecule has 2 aromatic rings. The number of para-hydroxylation sites is 1. The molecule has 1 aromatic carbocycles. The van der Waals surface area contributed by atoms with Gasteiger partial charge in [-0.15, -0.1) is 0 Å². The van der Waals surface area contributed by atoms with Gasteiger partial charge in [0.2, 0.25) is 0 Å². The largest absolute Gasteiger partial charge is 0.385 e. The molecule has 0 fully saturated rings. The van der Waals surface area contributed by atoms with E-state index in [0.717, 1.165) is 19.6 Å². The summed E-state index contributed by atoms with van der Waals surface area (Å²) in [5.41, 5.74) is 9.67. The highest BCUT2D eigenvalue weighted by Gasteiger charge is 2.11. The Kier molecular flexibility index (Phi) is 3.82. The average molecular weight is 232 g/mol. The zero-order valence-electron chi connectivity index (χ0n) is 10.6. The van der Waals surface area contributed by atoms with Crippen molar-refractivity contribution in [3.63, 3.8) is 0 Å². The lowest BCUT2D eigenvalue weighted by Crippen LogP contribution is -2.05. The lowest BCUT2D eigenvalue weighted by molar-refractivity contribution is 0.190. The highest BCUT2D eigenvalue weighted by molar-refractivity contribution is 5.85. The number of aromatic nitrogens is 1. The second-order valence-corrected chi connectivity index (χ2v) is 4.28. The van der Waals surface area contributed by atoms with E-state index in [2.05, 4.69) is 35.8 Å². The summed E-state index contributed by atoms with van der Waals surface area (Å²) in [4.78, 5) is 0. The van der Waals surface area contributed by atoms with Crippen LogP contribution in [0.1, 0.15) is 17.7 Å². The highest BCUT2D eigenvalue weighted by atomic mass is 16.5. The van der Waals surface area contributed by atoms with Crippen molar-refractivity contribution >= 4 is 10.9 Å². The standard InChI is InChI=1S/C14H20N2O/c1-11-13(10-15)12-6-3-4-7-14(12)16(11)8-5-9-17-2/h3-4,6-7H,5,8-10,15H2,1-2H3. The van der Waals surface area contributed by atoms with Gasteiger partial charge in [0.25, 0.3) is 0 Å². The molecule has 0 saturated heterocycles. The van der Waals surface area contributed by atoms with Crippen LogP contribution >= 0.6 is 0 Å². The quantitative estimate of drug-likeness (QED) is 0.804. The van der Waals surface area contributed by atoms with Crippen molar-refractivity contribution < 1.29 is 4.74 Å². The van der Waals surface area contributed by atoms with Crippen LogP contribution < -0.4 is 5.73 Å². The smallest absolute Gasteiger partial charge is 0.0485 e. The van der Waals surface area contributed by atoms with Crippen molar-refractivity contribution in [3.8, 4) is 0 Å². The van der Waals surface area contributed by atoms with Gasteiger partial charge in [-0.1, -0.05) is 18.2 Å². The van der Waals surface area contributed by atoms with Gasteiger partial charge < -0.3 is 15.0 Å². The van der Waals surface area contributed by atoms with Crippen LogP contribution in [0.2, 0.25) is 0 Å². The average Bonchev–Trinajstić information content (AvgIpc) is 2.62. The molecule has 1 aromatic heterocycles. The maximum absolute atomic E-state index is 5.85. The molecule has 0 aliphatic carbocycles. The number of hydrogen-bond donors (Lipinski definition) is 1. The molecular formula is C14H20N2O. The van der Waals surface area contributed by atoms with E-state index >= 15 is 0 Å². The fourth-order valence-corrected chi connectivity index (χ4v) is 2.42. The summed E-state index contributed by atoms with van der Waals surface area (Å²) in [7, 11) is 1.74. The van der Waals surface area contributed by atoms with Gasteiger partial charge in [0.1, 0.15) is 0 Å². The van der Waals surface area contributed by atoms with E-state index in [0.29, 0.717) is 6.54 Å². The van der Waals surface area contributed by atoms with E-state index in [1.54, 1.807) is 7.11 Å². The Morgan fingerprint density at radius 3 is 2.76 bits per heavy atom. The van der Waals surface area contributed by atoms with Crippen molar-refractivity contribution in [1.82, 2.24) is 4.57 Å². The summed E-state index contributed by atoms with van der Waals surface area (Å²) < 4.78 is 7.45. The number of hydrogen-bond acceptors (Lipinski definition) is 2. The number of rotatable bonds is 5. The Bertz CT molecular complexity index is 502. The first-order valence-corrected chi connectivity index (χ1v) is 6.05. The molecule has 0 unspecified atom stereocenters. The number of nitrogens with two attached hydrogens (primary N) is 1. The van der Waals surface area contributed by atoms with Crippen molar-refractivity contribution in [2.45, 2.75) is 26.4 Å². The van der Waals surface area contributed by atoms with E-state index in [9.17, 15) is 0 Å². The van der Waals surface area contributed by atoms with Crippen molar-refractivity contribution in [2.75, 3.05) is 13.7 Å². The molecule has 3 heteroatoms. The van der Waals surface area contributed by atoms with Crippen molar-refractivity contribution in [2.24, 2.45) is 5.73 Å². The molecular weight excluding hydrogens is 212 g/mol. The SMILES string of the molecule is COCCCn1c(C)c(CN)c2ccccc21. The topological polar surface area (TPSA) is 40.2 Å². The molecule has 17 heavy (non-hydrogen) atoms. The predicted molar refractivity (Wildman–Crippen MR) is 71.1 cm³/mol. The van der Waals surface area contributed by atoms with Gasteiger partial charge in [0, 0.05) is 43.4 Å². The molecule has 92 valence electrons. The second-order valence-electron chi connectivity index (χ2n) is 4.28. The van der Waals surface area contributed by atoms with Gasteiger partial charge in [0.15, 0.2) is 0 Å². The van der Waals surface area contributed by atoms with Crippen LogP contribution in [0.3, 0.4) is 0 Å². The molecule has 0 radical (unpaired) electrons. The minimum atomic E-state index is 0.601. The van der Waals surface area contributed by atoms with Crippen LogP contribution in [-0.4, -0.2) is 18.3 Å². The number of fused-ring (bicyclic) bond motifs is 1. The molecule has 0 aliphatic rings. The Labute approximate surface area is 102 Å². The number of methoxy groups -OCH3 is 1. The fraction of sp³-hybridized carbons (Fsp3) is 0.429. The number of nitrogens with zero attached hydrogens (tertiary/aromatic N) is 1. The van der Waals surface area contributed by atoms with Crippen LogP contribution in [0.15, 0.2) is 24.3 Å². The van der Waals surface area contributed by atoms with Gasteiger partial charge in [-0.05, 0) is 25.0 Å². The number of ether oxygens (including phenoxy) is 1. The summed E-state index contributed by atoms with van der Waals surface area (Å²) in [5.74, 6) is 0. The van der Waals surface area contributed by atoms with E-state index in [4.69, 9.17) is 10.5 Å². The predicted octanol–water partition coefficient (Wildman–Crippen LogP) is 2.44. The van der Waals surface area contributed by atoms with Crippen LogP contribution in [0, 0.1) is 6.92 Å². The summed E-state index contributed by atoms with van der Waals surface area (Å²) in [6, 6.07) is 8.46. The van der Waals surface area contributed by atoms with E-state index in [-0.39, 0.29) is 0 Å². The van der Waals surface area contributed by atoms with Crippen LogP contribution in [0.5, 0.6) is 0 Å². The summed E-state index contributed by atoms with van der Waals surface area (Å²) in [6.07, 6.45) is 1.03. The third-order valence-corrected chi connectivity index (χ3v) is 3.30. The van der Waals surface area contributed by atoms with Crippen LogP contribution in [0.25, 0.3) is 10.9 Å². The first kappa shape index (κ1) is 12.1. The molecule has 0 saturated carbocycles. The van der Waals surface area contributed by atoms with E-state index < -0.39 is 0 Å². The molecule has 0 amide bonds. The molecule has 0 aliphatic heterocycles. The molecule has 1 heterocycles. The van der Waals surface area contributed by atoms with Crippen molar-refractivity contribution in [3.05, 3.63) is 35.5 Å². The zero-order chi connectivity index (χ0) is 12.3. The van der Waals surface area contributed by atoms with E-state index in [1.165, 1.54) is 22.2 Å². The van der Waals surface area contributed by atoms with Gasteiger partial charge in [-0.3, -0.25) is 0 Å². The first-order chi connectivity index (χ1) is 8.29. The Morgan fingerprint density at radius 2 is 2.06 bits per heavy atom. The minimum Gasteiger partial charge on any atom is -0.385 e. The zero-order valence-corrected chi connectivity index (χ0v) is 10.6. The third-order valence-electron chi connectivity index (χ3n) is 3.30. The lowest BCUT2D eigenvalue weighted by Gasteiger charge is -2.08. The maximum Gasteiger partial charge on any atom is 0.0485 e. The molecule has 2 N–H and O–H groups in total. The highest BCUT2D eigenvalue weighted by Crippen LogP contribution is 2.25. The Morgan fingerprint density at radius 1 is 1.29 bits per heavy atom. The summed E-state index contributed by atoms with van der Waals surface area (Å²) in [5, 5.41) is 1.28. The fourth-order valence-electron chi connectivity index (χ4n) is 2.42. The van der Waals surface area contributed by atoms with Crippen LogP contribution in [0.4, 0.5) is 0 Å². The monoisotopic (exact) mass is 232 g/mol. The van der Waals surface area contributed by atoms with Crippen LogP contribution in [-0.2, 0) is 17.8 Å². The third kappa shape index (κ3) is 2.21. The molecule has 2 rings (SSSR count). The van der Waals surface area contributed by atoms with E-state index in [1.807, 2.05) is 0 Å². The molecule has 0 bridgehead atoms. The van der Waals surface area contributed by atoms with Crippen molar-refractivity contribution in [1.29, 1.82) is 0 Å². The van der Waals surface area contributed by atoms with Gasteiger partial charge in [-0.25, -0.2) is 0 Å². The molecule has 3 nitrogen and oxygen atoms in total. The maximum atomic E-state index is 5.85.